The molecule has 0 heterocycles. The van der Waals surface area contributed by atoms with E-state index in [-0.39, 0.29) is 48.5 Å². The van der Waals surface area contributed by atoms with Crippen LogP contribution in [0.25, 0.3) is 0 Å². The third-order valence-corrected chi connectivity index (χ3v) is 0.417. The molecule has 0 radical (unpaired) electrons. The fourth-order valence-corrected chi connectivity index (χ4v) is 0.167. The van der Waals surface area contributed by atoms with E-state index in [1.54, 1.807) is 0 Å². The maximum atomic E-state index is 9.29. The van der Waals surface area contributed by atoms with Gasteiger partial charge in [0.05, 0.1) is 0 Å². The minimum Gasteiger partial charge on any atom is -0.776 e. The van der Waals surface area contributed by atoms with Crippen LogP contribution in [0.3, 0.4) is 0 Å². The van der Waals surface area contributed by atoms with Crippen molar-refractivity contribution in [1.29, 1.82) is 0 Å². The predicted molar refractivity (Wildman–Crippen MR) is 20.4 cm³/mol. The molecule has 36 valence electrons. The van der Waals surface area contributed by atoms with E-state index in [2.05, 4.69) is 4.18 Å². The van der Waals surface area contributed by atoms with Gasteiger partial charge in [0.15, 0.2) is 0 Å². The molecule has 0 atom stereocenters. The summed E-state index contributed by atoms with van der Waals surface area (Å²) in [7, 11) is 0. The molecule has 0 bridgehead atoms. The Balaban J connectivity index is 0. The first-order chi connectivity index (χ1) is 2.91. The first-order valence-corrected chi connectivity index (χ1v) is 1.93. The maximum Gasteiger partial charge on any atom is 1.00 e. The minimum atomic E-state index is -0.117. The Bertz CT molecular complexity index is 41.9. The first-order valence-electron chi connectivity index (χ1n) is 1.27. The van der Waals surface area contributed by atoms with E-state index in [0.717, 1.165) is 0 Å². The topological polar surface area (TPSA) is 49.4 Å². The van der Waals surface area contributed by atoms with Crippen LogP contribution in [0.1, 0.15) is 0 Å². The smallest absolute Gasteiger partial charge is 0.776 e. The second-order valence-electron chi connectivity index (χ2n) is 0.519. The summed E-state index contributed by atoms with van der Waals surface area (Å²) in [5, 5.41) is 0. The largest absolute Gasteiger partial charge is 1.00 e. The van der Waals surface area contributed by atoms with Gasteiger partial charge in [0.1, 0.15) is 12.9 Å². The monoisotopic (exact) mass is 130 g/mol. The van der Waals surface area contributed by atoms with Crippen molar-refractivity contribution < 1.29 is 43.1 Å². The zero-order chi connectivity index (χ0) is 4.83. The Morgan fingerprint density at radius 1 is 1.86 bits per heavy atom. The van der Waals surface area contributed by atoms with Gasteiger partial charge in [-0.25, -0.2) is 0 Å². The Morgan fingerprint density at radius 2 is 2.43 bits per heavy atom. The van der Waals surface area contributed by atoms with Crippen molar-refractivity contribution in [2.75, 3.05) is 6.61 Å². The van der Waals surface area contributed by atoms with Crippen LogP contribution in [0, 0.1) is 0 Å². The summed E-state index contributed by atoms with van der Waals surface area (Å²) in [5.41, 5.74) is 0. The van der Waals surface area contributed by atoms with Crippen LogP contribution in [-0.2, 0) is 8.98 Å². The van der Waals surface area contributed by atoms with Gasteiger partial charge in [-0.2, -0.15) is 0 Å². The summed E-state index contributed by atoms with van der Waals surface area (Å²) in [6.45, 7) is -0.117. The van der Waals surface area contributed by atoms with E-state index >= 15 is 0 Å². The van der Waals surface area contributed by atoms with E-state index in [9.17, 15) is 9.35 Å². The van der Waals surface area contributed by atoms with Crippen LogP contribution in [0.15, 0.2) is 0 Å². The van der Waals surface area contributed by atoms with Crippen molar-refractivity contribution in [3.05, 3.63) is 0 Å². The van der Waals surface area contributed by atoms with Gasteiger partial charge in [0.2, 0.25) is 0 Å². The third kappa shape index (κ3) is 10.9. The molecule has 0 aliphatic carbocycles. The summed E-state index contributed by atoms with van der Waals surface area (Å²) in [5.74, 6) is 0. The van der Waals surface area contributed by atoms with Crippen molar-refractivity contribution in [3.63, 3.8) is 0 Å². The summed E-state index contributed by atoms with van der Waals surface area (Å²) < 4.78 is 13.2. The molecular formula is C2H3NaO3S. The molecule has 0 saturated heterocycles. The summed E-state index contributed by atoms with van der Waals surface area (Å²) in [4.78, 5) is 9.29. The van der Waals surface area contributed by atoms with E-state index in [1.165, 1.54) is 0 Å². The number of carbonyl (C=O) groups excluding carboxylic acids is 1. The van der Waals surface area contributed by atoms with Crippen molar-refractivity contribution in [1.82, 2.24) is 0 Å². The van der Waals surface area contributed by atoms with Crippen molar-refractivity contribution in [2.24, 2.45) is 0 Å². The second kappa shape index (κ2) is 10.0. The maximum absolute atomic E-state index is 9.29. The molecule has 0 aromatic heterocycles. The van der Waals surface area contributed by atoms with Crippen LogP contribution in [0.5, 0.6) is 0 Å². The summed E-state index contributed by atoms with van der Waals surface area (Å²) in [6, 6.07) is 0. The third-order valence-electron chi connectivity index (χ3n) is 0.184. The Labute approximate surface area is 68.1 Å². The molecule has 0 rings (SSSR count). The van der Waals surface area contributed by atoms with Gasteiger partial charge >= 0.3 is 29.6 Å². The molecule has 7 heavy (non-hydrogen) atoms. The molecule has 0 saturated carbocycles. The van der Waals surface area contributed by atoms with Gasteiger partial charge in [0, 0.05) is 0 Å². The Hall–Kier alpha value is 0.940. The molecule has 0 fully saturated rings. The fourth-order valence-electron chi connectivity index (χ4n) is 0.0556. The molecule has 0 spiro atoms. The Morgan fingerprint density at radius 3 is 2.57 bits per heavy atom. The summed E-state index contributed by atoms with van der Waals surface area (Å²) in [6.07, 6.45) is 0.519. The quantitative estimate of drug-likeness (QED) is 0.177. The number of rotatable bonds is 3. The van der Waals surface area contributed by atoms with Gasteiger partial charge in [-0.3, -0.25) is 0 Å². The van der Waals surface area contributed by atoms with Crippen LogP contribution in [-0.4, -0.2) is 17.4 Å². The van der Waals surface area contributed by atoms with Gasteiger partial charge in [-0.1, -0.05) is 0 Å². The number of hydrogen-bond acceptors (Lipinski definition) is 4. The molecule has 0 aliphatic heterocycles. The standard InChI is InChI=1S/C2H4O3S.Na/c3-1-2-5-6-4;/h1,4H,2H2;/q;+1/p-1. The molecule has 5 heteroatoms. The van der Waals surface area contributed by atoms with Gasteiger partial charge in [0.25, 0.3) is 0 Å². The Kier molecular flexibility index (Phi) is 15.5. The van der Waals surface area contributed by atoms with Crippen LogP contribution in [0.2, 0.25) is 0 Å². The SMILES string of the molecule is O=CCOS[O-].[Na+]. The first kappa shape index (κ1) is 10.8. The van der Waals surface area contributed by atoms with Crippen LogP contribution >= 0.6 is 12.3 Å². The molecule has 3 nitrogen and oxygen atoms in total. The van der Waals surface area contributed by atoms with E-state index < -0.39 is 0 Å². The molecule has 0 aromatic rings. The minimum absolute atomic E-state index is 0. The van der Waals surface area contributed by atoms with Crippen molar-refractivity contribution in [2.45, 2.75) is 0 Å². The molecule has 0 aromatic carbocycles. The predicted octanol–water partition coefficient (Wildman–Crippen LogP) is -3.02. The number of hydrogen-bond donors (Lipinski definition) is 0. The van der Waals surface area contributed by atoms with E-state index in [4.69, 9.17) is 0 Å². The fraction of sp³-hybridized carbons (Fsp3) is 0.500. The zero-order valence-electron chi connectivity index (χ0n) is 3.92. The van der Waals surface area contributed by atoms with Crippen LogP contribution < -0.4 is 29.6 Å². The van der Waals surface area contributed by atoms with E-state index in [0.29, 0.717) is 6.29 Å². The molecule has 0 amide bonds. The van der Waals surface area contributed by atoms with Gasteiger partial charge < -0.3 is 13.5 Å². The number of carbonyl (C=O) groups is 1. The van der Waals surface area contributed by atoms with E-state index in [1.807, 2.05) is 0 Å². The second-order valence-corrected chi connectivity index (χ2v) is 0.891. The van der Waals surface area contributed by atoms with Crippen LogP contribution in [0.4, 0.5) is 0 Å². The van der Waals surface area contributed by atoms with Gasteiger partial charge in [-0.05, 0) is 0 Å². The molecule has 0 aliphatic rings. The van der Waals surface area contributed by atoms with Gasteiger partial charge in [-0.15, -0.1) is 12.3 Å². The van der Waals surface area contributed by atoms with Crippen molar-refractivity contribution in [3.8, 4) is 0 Å². The average Bonchev–Trinajstić information content (AvgIpc) is 1.61. The molecular weight excluding hydrogens is 127 g/mol. The summed E-state index contributed by atoms with van der Waals surface area (Å²) >= 11 is -0.0550. The van der Waals surface area contributed by atoms with Crippen molar-refractivity contribution >= 4 is 18.6 Å². The average molecular weight is 130 g/mol. The normalized spacial score (nSPS) is 7.00. The molecule has 0 N–H and O–H groups in total. The zero-order valence-corrected chi connectivity index (χ0v) is 6.73. The number of aldehydes is 1. The molecule has 0 unspecified atom stereocenters.